The number of hydrogen-bond acceptors (Lipinski definition) is 3. The minimum Gasteiger partial charge on any atom is -0.478 e. The van der Waals surface area contributed by atoms with Gasteiger partial charge in [0.25, 0.3) is 0 Å². The molecule has 1 fully saturated rings. The van der Waals surface area contributed by atoms with E-state index in [2.05, 4.69) is 16.8 Å². The average Bonchev–Trinajstić information content (AvgIpc) is 2.46. The molecule has 1 saturated carbocycles. The first-order valence-corrected chi connectivity index (χ1v) is 7.52. The third-order valence-corrected chi connectivity index (χ3v) is 4.52. The molecule has 0 aliphatic heterocycles. The van der Waals surface area contributed by atoms with Crippen molar-refractivity contribution in [3.05, 3.63) is 22.8 Å². The van der Waals surface area contributed by atoms with Gasteiger partial charge in [0.2, 0.25) is 0 Å². The molecule has 1 aromatic heterocycles. The van der Waals surface area contributed by atoms with Crippen molar-refractivity contribution >= 4 is 23.4 Å². The number of pyridine rings is 1. The van der Waals surface area contributed by atoms with Gasteiger partial charge in [-0.15, -0.1) is 0 Å². The second-order valence-corrected chi connectivity index (χ2v) is 5.92. The fraction of sp³-hybridized carbons (Fsp3) is 0.600. The summed E-state index contributed by atoms with van der Waals surface area (Å²) in [5, 5.41) is 9.32. The molecule has 0 bridgehead atoms. The van der Waals surface area contributed by atoms with E-state index in [0.717, 1.165) is 18.8 Å². The van der Waals surface area contributed by atoms with Crippen LogP contribution in [0.5, 0.6) is 0 Å². The van der Waals surface area contributed by atoms with Gasteiger partial charge in [-0.05, 0) is 43.7 Å². The van der Waals surface area contributed by atoms with Crippen molar-refractivity contribution in [1.82, 2.24) is 4.98 Å². The van der Waals surface area contributed by atoms with Gasteiger partial charge >= 0.3 is 5.97 Å². The van der Waals surface area contributed by atoms with Crippen molar-refractivity contribution in [3.63, 3.8) is 0 Å². The third-order valence-electron chi connectivity index (χ3n) is 4.33. The van der Waals surface area contributed by atoms with Gasteiger partial charge in [-0.2, -0.15) is 0 Å². The first-order valence-electron chi connectivity index (χ1n) is 7.15. The Balaban J connectivity index is 2.13. The van der Waals surface area contributed by atoms with Crippen molar-refractivity contribution in [3.8, 4) is 0 Å². The molecule has 110 valence electrons. The molecule has 5 heteroatoms. The summed E-state index contributed by atoms with van der Waals surface area (Å²) in [5.41, 5.74) is 0.189. The van der Waals surface area contributed by atoms with Gasteiger partial charge in [0.15, 0.2) is 0 Å². The standard InChI is InChI=1S/C15H21ClN2O2/c1-3-10-4-6-12(7-5-10)18(2)14-9-11(15(19)20)8-13(16)17-14/h8-10,12H,3-7H2,1-2H3,(H,19,20). The molecule has 0 saturated heterocycles. The van der Waals surface area contributed by atoms with Gasteiger partial charge in [-0.25, -0.2) is 9.78 Å². The Kier molecular flexibility index (Phi) is 4.86. The second kappa shape index (κ2) is 6.44. The number of hydrogen-bond donors (Lipinski definition) is 1. The lowest BCUT2D eigenvalue weighted by Crippen LogP contribution is -2.35. The number of carboxylic acid groups (broad SMARTS) is 1. The van der Waals surface area contributed by atoms with Crippen LogP contribution < -0.4 is 4.90 Å². The number of carboxylic acids is 1. The summed E-state index contributed by atoms with van der Waals surface area (Å²) in [5.74, 6) is 0.509. The molecule has 2 rings (SSSR count). The van der Waals surface area contributed by atoms with Crippen LogP contribution in [0.3, 0.4) is 0 Å². The molecule has 1 aromatic rings. The van der Waals surface area contributed by atoms with E-state index in [0.29, 0.717) is 11.9 Å². The smallest absolute Gasteiger partial charge is 0.335 e. The molecule has 1 heterocycles. The van der Waals surface area contributed by atoms with Crippen LogP contribution in [0.15, 0.2) is 12.1 Å². The van der Waals surface area contributed by atoms with Crippen molar-refractivity contribution in [2.45, 2.75) is 45.1 Å². The molecule has 0 aromatic carbocycles. The van der Waals surface area contributed by atoms with E-state index in [4.69, 9.17) is 16.7 Å². The molecule has 0 spiro atoms. The van der Waals surface area contributed by atoms with E-state index in [1.54, 1.807) is 6.07 Å². The lowest BCUT2D eigenvalue weighted by Gasteiger charge is -2.35. The van der Waals surface area contributed by atoms with Gasteiger partial charge in [0, 0.05) is 13.1 Å². The van der Waals surface area contributed by atoms with Crippen molar-refractivity contribution in [2.24, 2.45) is 5.92 Å². The summed E-state index contributed by atoms with van der Waals surface area (Å²) in [6.45, 7) is 2.24. The molecule has 1 aliphatic rings. The third kappa shape index (κ3) is 3.42. The Morgan fingerprint density at radius 2 is 2.05 bits per heavy atom. The number of rotatable bonds is 4. The van der Waals surface area contributed by atoms with Crippen molar-refractivity contribution < 1.29 is 9.90 Å². The highest BCUT2D eigenvalue weighted by Crippen LogP contribution is 2.31. The summed E-state index contributed by atoms with van der Waals surface area (Å²) in [4.78, 5) is 17.4. The van der Waals surface area contributed by atoms with Crippen LogP contribution in [0.4, 0.5) is 5.82 Å². The number of aromatic carboxylic acids is 1. The van der Waals surface area contributed by atoms with E-state index in [1.165, 1.54) is 25.3 Å². The predicted molar refractivity (Wildman–Crippen MR) is 80.6 cm³/mol. The summed E-state index contributed by atoms with van der Waals surface area (Å²) in [6, 6.07) is 3.40. The molecule has 0 atom stereocenters. The van der Waals surface area contributed by atoms with Crippen LogP contribution >= 0.6 is 11.6 Å². The van der Waals surface area contributed by atoms with Crippen LogP contribution in [0.1, 0.15) is 49.4 Å². The zero-order valence-corrected chi connectivity index (χ0v) is 12.7. The van der Waals surface area contributed by atoms with Crippen LogP contribution in [-0.2, 0) is 0 Å². The molecule has 4 nitrogen and oxygen atoms in total. The van der Waals surface area contributed by atoms with Crippen LogP contribution in [-0.4, -0.2) is 29.1 Å². The Morgan fingerprint density at radius 3 is 2.60 bits per heavy atom. The first-order chi connectivity index (χ1) is 9.51. The molecule has 0 amide bonds. The highest BCUT2D eigenvalue weighted by atomic mass is 35.5. The highest BCUT2D eigenvalue weighted by molar-refractivity contribution is 6.29. The van der Waals surface area contributed by atoms with Crippen molar-refractivity contribution in [2.75, 3.05) is 11.9 Å². The van der Waals surface area contributed by atoms with Crippen LogP contribution in [0.25, 0.3) is 0 Å². The first kappa shape index (κ1) is 15.1. The Hall–Kier alpha value is -1.29. The molecule has 20 heavy (non-hydrogen) atoms. The quantitative estimate of drug-likeness (QED) is 0.858. The van der Waals surface area contributed by atoms with E-state index < -0.39 is 5.97 Å². The fourth-order valence-corrected chi connectivity index (χ4v) is 3.12. The van der Waals surface area contributed by atoms with Gasteiger partial charge in [-0.3, -0.25) is 0 Å². The Bertz CT molecular complexity index is 485. The molecular formula is C15H21ClN2O2. The number of nitrogens with zero attached hydrogens (tertiary/aromatic N) is 2. The van der Waals surface area contributed by atoms with Crippen LogP contribution in [0, 0.1) is 5.92 Å². The highest BCUT2D eigenvalue weighted by Gasteiger charge is 2.24. The summed E-state index contributed by atoms with van der Waals surface area (Å²) >= 11 is 5.92. The minimum atomic E-state index is -0.973. The zero-order valence-electron chi connectivity index (χ0n) is 12.0. The number of halogens is 1. The minimum absolute atomic E-state index is 0.189. The number of aromatic nitrogens is 1. The topological polar surface area (TPSA) is 53.4 Å². The van der Waals surface area contributed by atoms with E-state index >= 15 is 0 Å². The zero-order chi connectivity index (χ0) is 14.7. The number of carbonyl (C=O) groups is 1. The summed E-state index contributed by atoms with van der Waals surface area (Å²) in [7, 11) is 1.97. The van der Waals surface area contributed by atoms with Crippen molar-refractivity contribution in [1.29, 1.82) is 0 Å². The maximum Gasteiger partial charge on any atom is 0.335 e. The maximum atomic E-state index is 11.1. The SMILES string of the molecule is CCC1CCC(N(C)c2cc(C(=O)O)cc(Cl)n2)CC1. The van der Waals surface area contributed by atoms with E-state index in [1.807, 2.05) is 7.05 Å². The maximum absolute atomic E-state index is 11.1. The molecule has 1 aliphatic carbocycles. The molecule has 0 radical (unpaired) electrons. The average molecular weight is 297 g/mol. The van der Waals surface area contributed by atoms with Gasteiger partial charge in [-0.1, -0.05) is 24.9 Å². The molecule has 1 N–H and O–H groups in total. The second-order valence-electron chi connectivity index (χ2n) is 5.54. The Labute approximate surface area is 124 Å². The predicted octanol–water partition coefficient (Wildman–Crippen LogP) is 3.84. The Morgan fingerprint density at radius 1 is 1.40 bits per heavy atom. The van der Waals surface area contributed by atoms with Crippen LogP contribution in [0.2, 0.25) is 5.15 Å². The molecule has 0 unspecified atom stereocenters. The summed E-state index contributed by atoms with van der Waals surface area (Å²) < 4.78 is 0. The fourth-order valence-electron chi connectivity index (χ4n) is 2.91. The summed E-state index contributed by atoms with van der Waals surface area (Å²) in [6.07, 6.45) is 5.97. The normalized spacial score (nSPS) is 22.6. The van der Waals surface area contributed by atoms with Gasteiger partial charge in [0.05, 0.1) is 5.56 Å². The lowest BCUT2D eigenvalue weighted by molar-refractivity contribution is 0.0696. The monoisotopic (exact) mass is 296 g/mol. The number of anilines is 1. The largest absolute Gasteiger partial charge is 0.478 e. The molecular weight excluding hydrogens is 276 g/mol. The lowest BCUT2D eigenvalue weighted by atomic mass is 9.84. The van der Waals surface area contributed by atoms with Gasteiger partial charge in [0.1, 0.15) is 11.0 Å². The van der Waals surface area contributed by atoms with Gasteiger partial charge < -0.3 is 10.0 Å². The van der Waals surface area contributed by atoms with E-state index in [9.17, 15) is 4.79 Å². The van der Waals surface area contributed by atoms with E-state index in [-0.39, 0.29) is 10.7 Å².